The number of nitrogens with zero attached hydrogens (tertiary/aromatic N) is 2. The molecule has 1 saturated heterocycles. The highest BCUT2D eigenvalue weighted by Gasteiger charge is 2.30. The Morgan fingerprint density at radius 3 is 2.39 bits per heavy atom. The Balaban J connectivity index is 2.18. The van der Waals surface area contributed by atoms with Crippen LogP contribution >= 0.6 is 0 Å². The predicted octanol–water partition coefficient (Wildman–Crippen LogP) is 2.96. The van der Waals surface area contributed by atoms with Crippen molar-refractivity contribution < 1.29 is 32.9 Å². The van der Waals surface area contributed by atoms with Crippen molar-refractivity contribution in [2.45, 2.75) is 6.92 Å². The average Bonchev–Trinajstić information content (AvgIpc) is 2.73. The first-order valence-corrected chi connectivity index (χ1v) is 9.34. The van der Waals surface area contributed by atoms with E-state index in [-0.39, 0.29) is 37.7 Å². The summed E-state index contributed by atoms with van der Waals surface area (Å²) in [5, 5.41) is 18.1. The van der Waals surface area contributed by atoms with E-state index in [1.54, 1.807) is 6.92 Å². The highest BCUT2D eigenvalue weighted by atomic mass is 19.2. The van der Waals surface area contributed by atoms with Crippen molar-refractivity contribution in [3.8, 4) is 11.4 Å². The highest BCUT2D eigenvalue weighted by Crippen LogP contribution is 2.35. The van der Waals surface area contributed by atoms with Gasteiger partial charge in [0, 0.05) is 25.0 Å². The van der Waals surface area contributed by atoms with E-state index in [0.717, 1.165) is 10.8 Å². The molecule has 31 heavy (non-hydrogen) atoms. The van der Waals surface area contributed by atoms with Gasteiger partial charge in [-0.25, -0.2) is 18.0 Å². The maximum Gasteiger partial charge on any atom is 0.341 e. The number of aryl methyl sites for hydroxylation is 1. The molecule has 7 nitrogen and oxygen atoms in total. The molecule has 1 aromatic heterocycles. The summed E-state index contributed by atoms with van der Waals surface area (Å²) >= 11 is 0. The third-order valence-electron chi connectivity index (χ3n) is 5.24. The van der Waals surface area contributed by atoms with E-state index in [1.807, 2.05) is 0 Å². The fourth-order valence-electron chi connectivity index (χ4n) is 3.77. The van der Waals surface area contributed by atoms with Crippen molar-refractivity contribution in [2.75, 3.05) is 31.2 Å². The van der Waals surface area contributed by atoms with E-state index in [9.17, 15) is 24.2 Å². The van der Waals surface area contributed by atoms with Crippen molar-refractivity contribution in [1.82, 2.24) is 4.57 Å². The highest BCUT2D eigenvalue weighted by molar-refractivity contribution is 5.95. The van der Waals surface area contributed by atoms with Gasteiger partial charge in [-0.3, -0.25) is 4.79 Å². The molecule has 2 aromatic carbocycles. The maximum atomic E-state index is 15.7. The van der Waals surface area contributed by atoms with Crippen LogP contribution in [0.5, 0.6) is 5.75 Å². The molecule has 0 spiro atoms. The molecule has 0 saturated carbocycles. The summed E-state index contributed by atoms with van der Waals surface area (Å²) in [7, 11) is 0. The topological polar surface area (TPSA) is 92.0 Å². The number of phenols is 1. The number of phenolic OH excluding ortho intramolecular Hbond substituents is 1. The Morgan fingerprint density at radius 2 is 1.77 bits per heavy atom. The first-order valence-electron chi connectivity index (χ1n) is 9.34. The van der Waals surface area contributed by atoms with E-state index in [0.29, 0.717) is 5.56 Å². The summed E-state index contributed by atoms with van der Waals surface area (Å²) in [6.07, 6.45) is 0.871. The van der Waals surface area contributed by atoms with Crippen molar-refractivity contribution in [3.63, 3.8) is 0 Å². The monoisotopic (exact) mass is 434 g/mol. The van der Waals surface area contributed by atoms with Gasteiger partial charge in [0.15, 0.2) is 17.5 Å². The largest absolute Gasteiger partial charge is 0.508 e. The summed E-state index contributed by atoms with van der Waals surface area (Å²) < 4.78 is 51.9. The molecular weight excluding hydrogens is 417 g/mol. The summed E-state index contributed by atoms with van der Waals surface area (Å²) in [5.74, 6) is -6.17. The Morgan fingerprint density at radius 1 is 1.10 bits per heavy atom. The molecular formula is C21H17F3N2O5. The smallest absolute Gasteiger partial charge is 0.341 e. The van der Waals surface area contributed by atoms with Gasteiger partial charge in [0.1, 0.15) is 17.0 Å². The molecule has 0 unspecified atom stereocenters. The van der Waals surface area contributed by atoms with Crippen LogP contribution in [0.4, 0.5) is 18.9 Å². The molecule has 1 aliphatic heterocycles. The van der Waals surface area contributed by atoms with Crippen molar-refractivity contribution in [3.05, 3.63) is 63.2 Å². The molecule has 0 amide bonds. The number of morpholine rings is 1. The number of benzene rings is 2. The molecule has 162 valence electrons. The molecule has 0 bridgehead atoms. The zero-order valence-corrected chi connectivity index (χ0v) is 16.3. The number of aromatic hydroxyl groups is 1. The molecule has 2 heterocycles. The molecule has 2 N–H and O–H groups in total. The molecule has 4 rings (SSSR count). The Hall–Kier alpha value is -3.53. The quantitative estimate of drug-likeness (QED) is 0.616. The third-order valence-corrected chi connectivity index (χ3v) is 5.24. The Kier molecular flexibility index (Phi) is 5.10. The predicted molar refractivity (Wildman–Crippen MR) is 106 cm³/mol. The standard InChI is InChI=1S/C21H17F3N2O5/c1-10-8-11(27)2-3-13(10)26-9-12(21(29)30)20(28)14-15(22)16(23)19(17(24)18(14)26)25-4-6-31-7-5-25/h2-3,8-9,27H,4-7H2,1H3,(H,29,30). The van der Waals surface area contributed by atoms with Gasteiger partial charge in [0.2, 0.25) is 5.43 Å². The van der Waals surface area contributed by atoms with Crippen LogP contribution in [0.2, 0.25) is 0 Å². The molecule has 1 fully saturated rings. The third kappa shape index (κ3) is 3.28. The number of carbonyl (C=O) groups is 1. The molecule has 1 aliphatic rings. The van der Waals surface area contributed by atoms with Crippen LogP contribution in [0.1, 0.15) is 15.9 Å². The summed E-state index contributed by atoms with van der Waals surface area (Å²) in [4.78, 5) is 25.5. The van der Waals surface area contributed by atoms with Crippen LogP contribution in [-0.2, 0) is 4.74 Å². The van der Waals surface area contributed by atoms with Gasteiger partial charge in [-0.1, -0.05) is 0 Å². The lowest BCUT2D eigenvalue weighted by atomic mass is 10.1. The first kappa shape index (κ1) is 20.7. The van der Waals surface area contributed by atoms with Gasteiger partial charge in [-0.15, -0.1) is 0 Å². The van der Waals surface area contributed by atoms with Gasteiger partial charge in [-0.2, -0.15) is 0 Å². The normalized spacial score (nSPS) is 14.3. The van der Waals surface area contributed by atoms with E-state index in [1.165, 1.54) is 23.1 Å². The maximum absolute atomic E-state index is 15.7. The number of hydrogen-bond acceptors (Lipinski definition) is 5. The van der Waals surface area contributed by atoms with Crippen LogP contribution in [0.15, 0.2) is 29.2 Å². The summed E-state index contributed by atoms with van der Waals surface area (Å²) in [6.45, 7) is 2.13. The van der Waals surface area contributed by atoms with Crippen LogP contribution in [0.3, 0.4) is 0 Å². The average molecular weight is 434 g/mol. The second-order valence-electron chi connectivity index (χ2n) is 7.13. The molecule has 3 aromatic rings. The number of aromatic carboxylic acids is 1. The fraction of sp³-hybridized carbons (Fsp3) is 0.238. The van der Waals surface area contributed by atoms with Crippen molar-refractivity contribution >= 4 is 22.6 Å². The summed E-state index contributed by atoms with van der Waals surface area (Å²) in [5.41, 5.74) is -2.86. The number of halogens is 3. The van der Waals surface area contributed by atoms with E-state index >= 15 is 8.78 Å². The van der Waals surface area contributed by atoms with Gasteiger partial charge in [0.05, 0.1) is 24.1 Å². The molecule has 0 aliphatic carbocycles. The summed E-state index contributed by atoms with van der Waals surface area (Å²) in [6, 6.07) is 3.96. The van der Waals surface area contributed by atoms with Gasteiger partial charge < -0.3 is 24.4 Å². The molecule has 0 radical (unpaired) electrons. The number of pyridine rings is 1. The number of aromatic nitrogens is 1. The van der Waals surface area contributed by atoms with Gasteiger partial charge in [-0.05, 0) is 30.7 Å². The minimum atomic E-state index is -1.67. The Labute approximate surface area is 173 Å². The van der Waals surface area contributed by atoms with Crippen LogP contribution in [0.25, 0.3) is 16.6 Å². The number of hydrogen-bond donors (Lipinski definition) is 2. The minimum absolute atomic E-state index is 0.100. The van der Waals surface area contributed by atoms with E-state index < -0.39 is 51.0 Å². The number of rotatable bonds is 3. The van der Waals surface area contributed by atoms with E-state index in [4.69, 9.17) is 4.74 Å². The molecule has 0 atom stereocenters. The number of anilines is 1. The van der Waals surface area contributed by atoms with Gasteiger partial charge in [0.25, 0.3) is 0 Å². The Bertz CT molecular complexity index is 1280. The lowest BCUT2D eigenvalue weighted by Crippen LogP contribution is -2.38. The number of carboxylic acids is 1. The minimum Gasteiger partial charge on any atom is -0.508 e. The molecule has 10 heteroatoms. The van der Waals surface area contributed by atoms with E-state index in [2.05, 4.69) is 0 Å². The SMILES string of the molecule is Cc1cc(O)ccc1-n1cc(C(=O)O)c(=O)c2c(F)c(F)c(N3CCOCC3)c(F)c21. The van der Waals surface area contributed by atoms with Crippen molar-refractivity contribution in [1.29, 1.82) is 0 Å². The number of ether oxygens (including phenoxy) is 1. The van der Waals surface area contributed by atoms with Crippen LogP contribution in [-0.4, -0.2) is 47.1 Å². The number of carboxylic acid groups (broad SMARTS) is 1. The number of fused-ring (bicyclic) bond motifs is 1. The van der Waals surface area contributed by atoms with Gasteiger partial charge >= 0.3 is 5.97 Å². The lowest BCUT2D eigenvalue weighted by Gasteiger charge is -2.30. The second kappa shape index (κ2) is 7.62. The first-order chi connectivity index (χ1) is 14.7. The second-order valence-corrected chi connectivity index (χ2v) is 7.13. The lowest BCUT2D eigenvalue weighted by molar-refractivity contribution is 0.0695. The fourth-order valence-corrected chi connectivity index (χ4v) is 3.77. The zero-order chi connectivity index (χ0) is 22.4. The van der Waals surface area contributed by atoms with Crippen LogP contribution < -0.4 is 10.3 Å². The van der Waals surface area contributed by atoms with Crippen molar-refractivity contribution in [2.24, 2.45) is 0 Å². The zero-order valence-electron chi connectivity index (χ0n) is 16.3. The van der Waals surface area contributed by atoms with Crippen LogP contribution in [0, 0.1) is 24.4 Å².